The molecule has 5 heteroatoms. The van der Waals surface area contributed by atoms with Crippen molar-refractivity contribution in [1.29, 1.82) is 0 Å². The molecular formula is C16H15BrClNO2. The molecule has 0 aliphatic rings. The second kappa shape index (κ2) is 7.48. The highest BCUT2D eigenvalue weighted by atomic mass is 79.9. The Labute approximate surface area is 137 Å². The van der Waals surface area contributed by atoms with Gasteiger partial charge in [0.2, 0.25) is 0 Å². The molecule has 0 unspecified atom stereocenters. The Morgan fingerprint density at radius 2 is 1.95 bits per heavy atom. The number of methoxy groups -OCH3 is 1. The maximum absolute atomic E-state index is 11.4. The van der Waals surface area contributed by atoms with Crippen LogP contribution in [0.2, 0.25) is 5.02 Å². The lowest BCUT2D eigenvalue weighted by Crippen LogP contribution is -2.09. The molecule has 2 aromatic rings. The number of carbonyl (C=O) groups is 1. The summed E-state index contributed by atoms with van der Waals surface area (Å²) in [7, 11) is 1.40. The van der Waals surface area contributed by atoms with Gasteiger partial charge in [-0.15, -0.1) is 0 Å². The predicted molar refractivity (Wildman–Crippen MR) is 88.6 cm³/mol. The molecule has 0 saturated heterocycles. The molecule has 2 aromatic carbocycles. The molecule has 110 valence electrons. The Kier molecular flexibility index (Phi) is 5.65. The van der Waals surface area contributed by atoms with Crippen molar-refractivity contribution >= 4 is 39.2 Å². The van der Waals surface area contributed by atoms with E-state index < -0.39 is 0 Å². The van der Waals surface area contributed by atoms with Crippen molar-refractivity contribution < 1.29 is 9.53 Å². The zero-order valence-electron chi connectivity index (χ0n) is 11.5. The number of nitrogens with one attached hydrogen (secondary N) is 1. The van der Waals surface area contributed by atoms with Crippen LogP contribution in [0.4, 0.5) is 5.69 Å². The van der Waals surface area contributed by atoms with Gasteiger partial charge in [-0.25, -0.2) is 0 Å². The van der Waals surface area contributed by atoms with Gasteiger partial charge in [-0.3, -0.25) is 4.79 Å². The second-order valence-electron chi connectivity index (χ2n) is 4.50. The van der Waals surface area contributed by atoms with E-state index in [2.05, 4.69) is 21.2 Å². The van der Waals surface area contributed by atoms with Crippen molar-refractivity contribution in [3.05, 3.63) is 63.1 Å². The van der Waals surface area contributed by atoms with Gasteiger partial charge in [0, 0.05) is 16.7 Å². The second-order valence-corrected chi connectivity index (χ2v) is 5.77. The van der Waals surface area contributed by atoms with E-state index in [-0.39, 0.29) is 12.4 Å². The van der Waals surface area contributed by atoms with Gasteiger partial charge in [-0.1, -0.05) is 35.9 Å². The van der Waals surface area contributed by atoms with Crippen molar-refractivity contribution in [2.75, 3.05) is 12.4 Å². The third kappa shape index (κ3) is 4.48. The fourth-order valence-corrected chi connectivity index (χ4v) is 2.36. The van der Waals surface area contributed by atoms with Crippen molar-refractivity contribution in [3.63, 3.8) is 0 Å². The maximum atomic E-state index is 11.4. The Bertz CT molecular complexity index is 646. The summed E-state index contributed by atoms with van der Waals surface area (Å²) in [5, 5.41) is 3.96. The van der Waals surface area contributed by atoms with E-state index in [4.69, 9.17) is 16.3 Å². The molecule has 3 nitrogen and oxygen atoms in total. The monoisotopic (exact) mass is 367 g/mol. The molecule has 2 rings (SSSR count). The lowest BCUT2D eigenvalue weighted by atomic mass is 10.0. The summed E-state index contributed by atoms with van der Waals surface area (Å²) in [6.45, 7) is 0.616. The largest absolute Gasteiger partial charge is 0.469 e. The molecule has 0 fully saturated rings. The van der Waals surface area contributed by atoms with Crippen LogP contribution < -0.4 is 5.32 Å². The topological polar surface area (TPSA) is 38.3 Å². The zero-order valence-corrected chi connectivity index (χ0v) is 13.9. The first-order chi connectivity index (χ1) is 10.1. The van der Waals surface area contributed by atoms with E-state index in [9.17, 15) is 4.79 Å². The first-order valence-electron chi connectivity index (χ1n) is 6.42. The number of rotatable bonds is 5. The van der Waals surface area contributed by atoms with Crippen molar-refractivity contribution in [2.45, 2.75) is 13.0 Å². The Balaban J connectivity index is 2.09. The number of hydrogen-bond acceptors (Lipinski definition) is 3. The average molecular weight is 369 g/mol. The summed E-state index contributed by atoms with van der Waals surface area (Å²) < 4.78 is 5.58. The summed E-state index contributed by atoms with van der Waals surface area (Å²) in [4.78, 5) is 11.4. The molecular weight excluding hydrogens is 354 g/mol. The van der Waals surface area contributed by atoms with Crippen LogP contribution in [0.5, 0.6) is 0 Å². The minimum Gasteiger partial charge on any atom is -0.469 e. The van der Waals surface area contributed by atoms with Crippen molar-refractivity contribution in [1.82, 2.24) is 0 Å². The third-order valence-corrected chi connectivity index (χ3v) is 4.32. The fourth-order valence-electron chi connectivity index (χ4n) is 1.93. The molecule has 21 heavy (non-hydrogen) atoms. The van der Waals surface area contributed by atoms with Gasteiger partial charge < -0.3 is 10.1 Å². The molecule has 0 radical (unpaired) electrons. The average Bonchev–Trinajstić information content (AvgIpc) is 2.49. The third-order valence-electron chi connectivity index (χ3n) is 3.08. The molecule has 0 amide bonds. The Hall–Kier alpha value is -1.52. The Morgan fingerprint density at radius 1 is 1.24 bits per heavy atom. The van der Waals surface area contributed by atoms with E-state index >= 15 is 0 Å². The van der Waals surface area contributed by atoms with Gasteiger partial charge in [-0.2, -0.15) is 0 Å². The van der Waals surface area contributed by atoms with Gasteiger partial charge >= 0.3 is 5.97 Å². The van der Waals surface area contributed by atoms with Gasteiger partial charge in [0.15, 0.2) is 0 Å². The minimum atomic E-state index is -0.242. The highest BCUT2D eigenvalue weighted by Gasteiger charge is 2.07. The van der Waals surface area contributed by atoms with Gasteiger partial charge in [0.05, 0.1) is 18.6 Å². The minimum absolute atomic E-state index is 0.242. The van der Waals surface area contributed by atoms with Gasteiger partial charge in [0.1, 0.15) is 0 Å². The van der Waals surface area contributed by atoms with E-state index in [0.29, 0.717) is 11.6 Å². The molecule has 0 bridgehead atoms. The van der Waals surface area contributed by atoms with Gasteiger partial charge in [0.25, 0.3) is 0 Å². The normalized spacial score (nSPS) is 10.2. The van der Waals surface area contributed by atoms with E-state index in [1.807, 2.05) is 42.5 Å². The van der Waals surface area contributed by atoms with Crippen LogP contribution in [0, 0.1) is 0 Å². The number of benzene rings is 2. The number of anilines is 1. The lowest BCUT2D eigenvalue weighted by molar-refractivity contribution is -0.139. The Morgan fingerprint density at radius 3 is 2.62 bits per heavy atom. The summed E-state index contributed by atoms with van der Waals surface area (Å²) in [6.07, 6.45) is 0.273. The van der Waals surface area contributed by atoms with E-state index in [1.165, 1.54) is 7.11 Å². The first-order valence-corrected chi connectivity index (χ1v) is 7.60. The number of halogens is 2. The number of carbonyl (C=O) groups excluding carboxylic acids is 1. The van der Waals surface area contributed by atoms with Crippen molar-refractivity contribution in [3.8, 4) is 0 Å². The number of esters is 1. The molecule has 0 spiro atoms. The van der Waals surface area contributed by atoms with Crippen LogP contribution in [0.3, 0.4) is 0 Å². The quantitative estimate of drug-likeness (QED) is 0.793. The summed E-state index contributed by atoms with van der Waals surface area (Å²) in [5.74, 6) is -0.242. The SMILES string of the molecule is COC(=O)Cc1ccccc1CNc1ccc(Br)c(Cl)c1. The van der Waals surface area contributed by atoms with Crippen LogP contribution >= 0.6 is 27.5 Å². The van der Waals surface area contributed by atoms with Gasteiger partial charge in [-0.05, 0) is 45.3 Å². The highest BCUT2D eigenvalue weighted by Crippen LogP contribution is 2.26. The lowest BCUT2D eigenvalue weighted by Gasteiger charge is -2.11. The summed E-state index contributed by atoms with van der Waals surface area (Å²) >= 11 is 9.43. The maximum Gasteiger partial charge on any atom is 0.309 e. The van der Waals surface area contributed by atoms with E-state index in [0.717, 1.165) is 21.3 Å². The van der Waals surface area contributed by atoms with Crippen molar-refractivity contribution in [2.24, 2.45) is 0 Å². The molecule has 0 aromatic heterocycles. The predicted octanol–water partition coefficient (Wildman–Crippen LogP) is 4.43. The molecule has 0 aliphatic carbocycles. The molecule has 0 aliphatic heterocycles. The zero-order chi connectivity index (χ0) is 15.2. The number of hydrogen-bond donors (Lipinski definition) is 1. The van der Waals surface area contributed by atoms with Crippen LogP contribution in [0.15, 0.2) is 46.9 Å². The summed E-state index contributed by atoms with van der Waals surface area (Å²) in [5.41, 5.74) is 2.94. The standard InChI is InChI=1S/C16H15BrClNO2/c1-21-16(20)8-11-4-2-3-5-12(11)10-19-13-6-7-14(17)15(18)9-13/h2-7,9,19H,8,10H2,1H3. The summed E-state index contributed by atoms with van der Waals surface area (Å²) in [6, 6.07) is 13.5. The van der Waals surface area contributed by atoms with Crippen LogP contribution in [0.1, 0.15) is 11.1 Å². The smallest absolute Gasteiger partial charge is 0.309 e. The molecule has 0 atom stereocenters. The van der Waals surface area contributed by atoms with E-state index in [1.54, 1.807) is 0 Å². The first kappa shape index (κ1) is 15.9. The molecule has 1 N–H and O–H groups in total. The fraction of sp³-hybridized carbons (Fsp3) is 0.188. The molecule has 0 saturated carbocycles. The molecule has 0 heterocycles. The van der Waals surface area contributed by atoms with Crippen LogP contribution in [0.25, 0.3) is 0 Å². The van der Waals surface area contributed by atoms with Crippen LogP contribution in [-0.4, -0.2) is 13.1 Å². The van der Waals surface area contributed by atoms with Crippen LogP contribution in [-0.2, 0) is 22.5 Å². The number of ether oxygens (including phenoxy) is 1. The highest BCUT2D eigenvalue weighted by molar-refractivity contribution is 9.10.